The molecule has 4 rings (SSSR count). The fraction of sp³-hybridized carbons (Fsp3) is 0.423. The van der Waals surface area contributed by atoms with E-state index in [4.69, 9.17) is 0 Å². The van der Waals surface area contributed by atoms with Gasteiger partial charge in [-0.2, -0.15) is 0 Å². The fourth-order valence-corrected chi connectivity index (χ4v) is 5.17. The van der Waals surface area contributed by atoms with E-state index in [9.17, 15) is 14.4 Å². The Morgan fingerprint density at radius 2 is 1.42 bits per heavy atom. The summed E-state index contributed by atoms with van der Waals surface area (Å²) in [6, 6.07) is 16.5. The second-order valence-corrected chi connectivity index (χ2v) is 9.84. The van der Waals surface area contributed by atoms with Crippen molar-refractivity contribution < 1.29 is 14.4 Å². The highest BCUT2D eigenvalue weighted by Gasteiger charge is 2.32. The van der Waals surface area contributed by atoms with Crippen molar-refractivity contribution in [3.63, 3.8) is 0 Å². The molecule has 1 heterocycles. The van der Waals surface area contributed by atoms with Gasteiger partial charge in [-0.05, 0) is 56.0 Å². The van der Waals surface area contributed by atoms with Crippen LogP contribution in [0, 0.1) is 5.92 Å². The smallest absolute Gasteiger partial charge is 0.253 e. The van der Waals surface area contributed by atoms with Crippen molar-refractivity contribution in [2.24, 2.45) is 5.92 Å². The van der Waals surface area contributed by atoms with Gasteiger partial charge in [-0.15, -0.1) is 0 Å². The lowest BCUT2D eigenvalue weighted by molar-refractivity contribution is -0.127. The van der Waals surface area contributed by atoms with Crippen LogP contribution >= 0.6 is 15.9 Å². The third kappa shape index (κ3) is 6.02. The van der Waals surface area contributed by atoms with Gasteiger partial charge < -0.3 is 15.5 Å². The topological polar surface area (TPSA) is 78.5 Å². The molecule has 2 fully saturated rings. The van der Waals surface area contributed by atoms with Crippen LogP contribution in [0.25, 0.3) is 0 Å². The zero-order chi connectivity index (χ0) is 23.2. The number of likely N-dealkylation sites (tertiary alicyclic amines) is 1. The van der Waals surface area contributed by atoms with E-state index in [-0.39, 0.29) is 35.7 Å². The fourth-order valence-electron chi connectivity index (χ4n) is 4.77. The zero-order valence-electron chi connectivity index (χ0n) is 18.6. The maximum Gasteiger partial charge on any atom is 0.253 e. The summed E-state index contributed by atoms with van der Waals surface area (Å²) in [6.07, 6.45) is 5.12. The number of piperidine rings is 1. The Balaban J connectivity index is 1.30. The molecule has 6 nitrogen and oxygen atoms in total. The summed E-state index contributed by atoms with van der Waals surface area (Å²) in [5.41, 5.74) is 1.29. The van der Waals surface area contributed by atoms with Crippen molar-refractivity contribution in [2.45, 2.75) is 50.6 Å². The van der Waals surface area contributed by atoms with Gasteiger partial charge in [-0.3, -0.25) is 14.4 Å². The average Bonchev–Trinajstić information content (AvgIpc) is 2.85. The van der Waals surface area contributed by atoms with Crippen LogP contribution in [0.2, 0.25) is 0 Å². The molecule has 1 aliphatic carbocycles. The van der Waals surface area contributed by atoms with E-state index in [0.29, 0.717) is 37.1 Å². The van der Waals surface area contributed by atoms with Crippen LogP contribution in [0.3, 0.4) is 0 Å². The van der Waals surface area contributed by atoms with E-state index in [1.165, 1.54) is 0 Å². The molecule has 0 aromatic heterocycles. The van der Waals surface area contributed by atoms with Crippen LogP contribution in [0.5, 0.6) is 0 Å². The Morgan fingerprint density at radius 1 is 0.788 bits per heavy atom. The van der Waals surface area contributed by atoms with Crippen molar-refractivity contribution in [1.82, 2.24) is 15.5 Å². The van der Waals surface area contributed by atoms with E-state index in [1.54, 1.807) is 12.1 Å². The minimum atomic E-state index is -0.107. The number of nitrogens with one attached hydrogen (secondary N) is 2. The second kappa shape index (κ2) is 11.0. The predicted octanol–water partition coefficient (Wildman–Crippen LogP) is 4.16. The molecule has 1 saturated heterocycles. The van der Waals surface area contributed by atoms with Crippen molar-refractivity contribution in [3.05, 3.63) is 70.2 Å². The predicted molar refractivity (Wildman–Crippen MR) is 131 cm³/mol. The SMILES string of the molecule is O=C(N[C@@H]1CCCC[C@H]1NC(=O)C1CCN(C(=O)c2cccc(Br)c2)CC1)c1ccccc1. The van der Waals surface area contributed by atoms with E-state index >= 15 is 0 Å². The summed E-state index contributed by atoms with van der Waals surface area (Å²) >= 11 is 3.41. The zero-order valence-corrected chi connectivity index (χ0v) is 20.2. The van der Waals surface area contributed by atoms with Crippen LogP contribution in [0.1, 0.15) is 59.2 Å². The average molecular weight is 512 g/mol. The largest absolute Gasteiger partial charge is 0.351 e. The molecule has 0 radical (unpaired) electrons. The number of carbonyl (C=O) groups excluding carboxylic acids is 3. The van der Waals surface area contributed by atoms with Crippen LogP contribution < -0.4 is 10.6 Å². The third-order valence-electron chi connectivity index (χ3n) is 6.67. The van der Waals surface area contributed by atoms with Gasteiger partial charge in [0.25, 0.3) is 11.8 Å². The van der Waals surface area contributed by atoms with Crippen molar-refractivity contribution in [2.75, 3.05) is 13.1 Å². The van der Waals surface area contributed by atoms with Gasteiger partial charge in [0.05, 0.1) is 0 Å². The van der Waals surface area contributed by atoms with Gasteiger partial charge in [0.1, 0.15) is 0 Å². The highest BCUT2D eigenvalue weighted by atomic mass is 79.9. The monoisotopic (exact) mass is 511 g/mol. The summed E-state index contributed by atoms with van der Waals surface area (Å²) in [5.74, 6) is -0.161. The quantitative estimate of drug-likeness (QED) is 0.632. The van der Waals surface area contributed by atoms with E-state index < -0.39 is 0 Å². The summed E-state index contributed by atoms with van der Waals surface area (Å²) in [4.78, 5) is 40.2. The van der Waals surface area contributed by atoms with E-state index in [1.807, 2.05) is 47.4 Å². The van der Waals surface area contributed by atoms with Crippen LogP contribution in [-0.4, -0.2) is 47.8 Å². The highest BCUT2D eigenvalue weighted by molar-refractivity contribution is 9.10. The standard InChI is InChI=1S/C26H30BrN3O3/c27-21-10-6-9-20(17-21)26(33)30-15-13-19(14-16-30)25(32)29-23-12-5-4-11-22(23)28-24(31)18-7-2-1-3-8-18/h1-3,6-10,17,19,22-23H,4-5,11-16H2,(H,28,31)(H,29,32)/t22-,23-/m1/s1. The first-order chi connectivity index (χ1) is 16.0. The summed E-state index contributed by atoms with van der Waals surface area (Å²) in [7, 11) is 0. The van der Waals surface area contributed by atoms with Gasteiger partial charge in [0.15, 0.2) is 0 Å². The molecule has 0 spiro atoms. The number of rotatable bonds is 5. The van der Waals surface area contributed by atoms with Gasteiger partial charge in [-0.1, -0.05) is 53.0 Å². The van der Waals surface area contributed by atoms with Crippen molar-refractivity contribution >= 4 is 33.7 Å². The molecular weight excluding hydrogens is 482 g/mol. The number of halogens is 1. The third-order valence-corrected chi connectivity index (χ3v) is 7.16. The summed E-state index contributed by atoms with van der Waals surface area (Å²) < 4.78 is 0.879. The minimum Gasteiger partial charge on any atom is -0.351 e. The molecule has 2 N–H and O–H groups in total. The van der Waals surface area contributed by atoms with Crippen LogP contribution in [0.4, 0.5) is 0 Å². The molecular formula is C26H30BrN3O3. The van der Waals surface area contributed by atoms with Gasteiger partial charge in [0, 0.05) is 46.7 Å². The first-order valence-corrected chi connectivity index (χ1v) is 12.5. The highest BCUT2D eigenvalue weighted by Crippen LogP contribution is 2.23. The van der Waals surface area contributed by atoms with Crippen LogP contribution in [-0.2, 0) is 4.79 Å². The Kier molecular flexibility index (Phi) is 7.81. The summed E-state index contributed by atoms with van der Waals surface area (Å²) in [6.45, 7) is 1.14. The maximum absolute atomic E-state index is 13.0. The first-order valence-electron chi connectivity index (χ1n) is 11.7. The molecule has 174 valence electrons. The molecule has 0 bridgehead atoms. The maximum atomic E-state index is 13.0. The Labute approximate surface area is 203 Å². The lowest BCUT2D eigenvalue weighted by Gasteiger charge is -2.36. The van der Waals surface area contributed by atoms with Crippen molar-refractivity contribution in [1.29, 1.82) is 0 Å². The number of amides is 3. The molecule has 2 aromatic rings. The lowest BCUT2D eigenvalue weighted by Crippen LogP contribution is -2.55. The minimum absolute atomic E-state index is 0.00567. The number of hydrogen-bond acceptors (Lipinski definition) is 3. The molecule has 0 unspecified atom stereocenters. The number of benzene rings is 2. The normalized spacial score (nSPS) is 21.3. The number of hydrogen-bond donors (Lipinski definition) is 2. The summed E-state index contributed by atoms with van der Waals surface area (Å²) in [5, 5.41) is 6.34. The molecule has 2 aliphatic rings. The lowest BCUT2D eigenvalue weighted by atomic mass is 9.88. The van der Waals surface area contributed by atoms with Crippen LogP contribution in [0.15, 0.2) is 59.1 Å². The van der Waals surface area contributed by atoms with Crippen molar-refractivity contribution in [3.8, 4) is 0 Å². The molecule has 33 heavy (non-hydrogen) atoms. The van der Waals surface area contributed by atoms with Gasteiger partial charge in [0.2, 0.25) is 5.91 Å². The number of nitrogens with zero attached hydrogens (tertiary/aromatic N) is 1. The van der Waals surface area contributed by atoms with Gasteiger partial charge >= 0.3 is 0 Å². The molecule has 2 atom stereocenters. The van der Waals surface area contributed by atoms with Gasteiger partial charge in [-0.25, -0.2) is 0 Å². The molecule has 3 amide bonds. The number of carbonyl (C=O) groups is 3. The Hall–Kier alpha value is -2.67. The molecule has 7 heteroatoms. The molecule has 1 saturated carbocycles. The second-order valence-electron chi connectivity index (χ2n) is 8.92. The van der Waals surface area contributed by atoms with E-state index in [2.05, 4.69) is 26.6 Å². The first kappa shape index (κ1) is 23.5. The molecule has 1 aliphatic heterocycles. The Bertz CT molecular complexity index is 989. The van der Waals surface area contributed by atoms with E-state index in [0.717, 1.165) is 30.2 Å². The molecule has 2 aromatic carbocycles. The Morgan fingerprint density at radius 3 is 2.09 bits per heavy atom.